The van der Waals surface area contributed by atoms with Crippen molar-refractivity contribution in [2.45, 2.75) is 12.2 Å². The quantitative estimate of drug-likeness (QED) is 0.564. The van der Waals surface area contributed by atoms with E-state index in [1.165, 1.54) is 0 Å². The first-order valence-corrected chi connectivity index (χ1v) is 4.73. The van der Waals surface area contributed by atoms with Gasteiger partial charge in [-0.1, -0.05) is 6.92 Å². The summed E-state index contributed by atoms with van der Waals surface area (Å²) >= 11 is 1.66. The predicted octanol–water partition coefficient (Wildman–Crippen LogP) is 0.826. The standard InChI is InChI=1S/C7H13NOS/c1-5-4-8(2)7(9)6(5)10-3/h5-6H,4H2,1-3H3. The second-order valence-corrected chi connectivity index (χ2v) is 3.83. The molecule has 1 rings (SSSR count). The molecule has 0 radical (unpaired) electrons. The molecule has 2 nitrogen and oxygen atoms in total. The summed E-state index contributed by atoms with van der Waals surface area (Å²) in [7, 11) is 1.87. The summed E-state index contributed by atoms with van der Waals surface area (Å²) in [6.07, 6.45) is 2.00. The lowest BCUT2D eigenvalue weighted by molar-refractivity contribution is -0.126. The molecule has 0 N–H and O–H groups in total. The molecule has 1 aliphatic heterocycles. The van der Waals surface area contributed by atoms with Crippen LogP contribution in [0.1, 0.15) is 6.92 Å². The van der Waals surface area contributed by atoms with Gasteiger partial charge in [0, 0.05) is 13.6 Å². The fourth-order valence-corrected chi connectivity index (χ4v) is 2.34. The summed E-state index contributed by atoms with van der Waals surface area (Å²) in [6.45, 7) is 3.05. The number of amides is 1. The lowest BCUT2D eigenvalue weighted by atomic mass is 10.1. The molecule has 1 amide bonds. The van der Waals surface area contributed by atoms with Gasteiger partial charge in [-0.2, -0.15) is 11.8 Å². The van der Waals surface area contributed by atoms with Crippen molar-refractivity contribution in [1.29, 1.82) is 0 Å². The second kappa shape index (κ2) is 2.82. The Morgan fingerprint density at radius 2 is 2.30 bits per heavy atom. The SMILES string of the molecule is CSC1C(=O)N(C)CC1C. The van der Waals surface area contributed by atoms with Crippen molar-refractivity contribution in [3.8, 4) is 0 Å². The third kappa shape index (κ3) is 1.15. The number of hydrogen-bond acceptors (Lipinski definition) is 2. The molecule has 0 aromatic rings. The van der Waals surface area contributed by atoms with Gasteiger partial charge in [-0.3, -0.25) is 4.79 Å². The van der Waals surface area contributed by atoms with Gasteiger partial charge in [-0.25, -0.2) is 0 Å². The van der Waals surface area contributed by atoms with Crippen LogP contribution in [-0.4, -0.2) is 35.9 Å². The maximum Gasteiger partial charge on any atom is 0.235 e. The van der Waals surface area contributed by atoms with E-state index in [9.17, 15) is 4.79 Å². The lowest BCUT2D eigenvalue weighted by Crippen LogP contribution is -2.23. The zero-order valence-corrected chi connectivity index (χ0v) is 7.44. The van der Waals surface area contributed by atoms with E-state index in [4.69, 9.17) is 0 Å². The molecule has 1 saturated heterocycles. The molecular formula is C7H13NOS. The molecule has 1 heterocycles. The van der Waals surface area contributed by atoms with Gasteiger partial charge in [-0.05, 0) is 12.2 Å². The molecule has 0 aromatic heterocycles. The molecular weight excluding hydrogens is 146 g/mol. The Kier molecular flexibility index (Phi) is 2.24. The highest BCUT2D eigenvalue weighted by Crippen LogP contribution is 2.25. The maximum absolute atomic E-state index is 11.3. The Bertz CT molecular complexity index is 149. The summed E-state index contributed by atoms with van der Waals surface area (Å²) < 4.78 is 0. The van der Waals surface area contributed by atoms with Gasteiger partial charge < -0.3 is 4.90 Å². The molecule has 58 valence electrons. The zero-order valence-electron chi connectivity index (χ0n) is 6.63. The predicted molar refractivity (Wildman–Crippen MR) is 44.1 cm³/mol. The van der Waals surface area contributed by atoms with Crippen LogP contribution >= 0.6 is 11.8 Å². The van der Waals surface area contributed by atoms with Crippen molar-refractivity contribution in [2.75, 3.05) is 19.8 Å². The van der Waals surface area contributed by atoms with Gasteiger partial charge in [0.1, 0.15) is 0 Å². The Balaban J connectivity index is 2.64. The minimum atomic E-state index is 0.213. The van der Waals surface area contributed by atoms with Crippen molar-refractivity contribution < 1.29 is 4.79 Å². The van der Waals surface area contributed by atoms with E-state index in [-0.39, 0.29) is 5.25 Å². The van der Waals surface area contributed by atoms with Gasteiger partial charge in [-0.15, -0.1) is 0 Å². The van der Waals surface area contributed by atoms with Gasteiger partial charge in [0.25, 0.3) is 0 Å². The van der Waals surface area contributed by atoms with Crippen LogP contribution < -0.4 is 0 Å². The molecule has 0 bridgehead atoms. The van der Waals surface area contributed by atoms with Crippen LogP contribution in [0.3, 0.4) is 0 Å². The van der Waals surface area contributed by atoms with Gasteiger partial charge in [0.05, 0.1) is 5.25 Å². The fraction of sp³-hybridized carbons (Fsp3) is 0.857. The number of carbonyl (C=O) groups is 1. The van der Waals surface area contributed by atoms with Gasteiger partial charge in [0.15, 0.2) is 0 Å². The number of likely N-dealkylation sites (tertiary alicyclic amines) is 1. The number of hydrogen-bond donors (Lipinski definition) is 0. The zero-order chi connectivity index (χ0) is 7.72. The number of thioether (sulfide) groups is 1. The van der Waals surface area contributed by atoms with Gasteiger partial charge >= 0.3 is 0 Å². The maximum atomic E-state index is 11.3. The molecule has 0 aliphatic carbocycles. The first-order chi connectivity index (χ1) is 4.66. The molecule has 3 heteroatoms. The van der Waals surface area contributed by atoms with Crippen LogP contribution in [-0.2, 0) is 4.79 Å². The second-order valence-electron chi connectivity index (χ2n) is 2.85. The molecule has 1 aliphatic rings. The highest BCUT2D eigenvalue weighted by molar-refractivity contribution is 7.99. The Morgan fingerprint density at radius 3 is 2.50 bits per heavy atom. The topological polar surface area (TPSA) is 20.3 Å². The van der Waals surface area contributed by atoms with E-state index in [2.05, 4.69) is 6.92 Å². The molecule has 2 atom stereocenters. The average Bonchev–Trinajstić information content (AvgIpc) is 2.09. The van der Waals surface area contributed by atoms with Crippen molar-refractivity contribution in [3.63, 3.8) is 0 Å². The summed E-state index contributed by atoms with van der Waals surface area (Å²) in [5.41, 5.74) is 0. The van der Waals surface area contributed by atoms with Crippen LogP contribution in [0.25, 0.3) is 0 Å². The molecule has 0 spiro atoms. The molecule has 0 saturated carbocycles. The summed E-state index contributed by atoms with van der Waals surface area (Å²) in [4.78, 5) is 13.1. The van der Waals surface area contributed by atoms with Crippen LogP contribution in [0.5, 0.6) is 0 Å². The van der Waals surface area contributed by atoms with Crippen molar-refractivity contribution in [3.05, 3.63) is 0 Å². The van der Waals surface area contributed by atoms with E-state index in [0.29, 0.717) is 11.8 Å². The first-order valence-electron chi connectivity index (χ1n) is 3.44. The number of carbonyl (C=O) groups excluding carboxylic acids is 1. The van der Waals surface area contributed by atoms with Crippen LogP contribution in [0.15, 0.2) is 0 Å². The number of nitrogens with zero attached hydrogens (tertiary/aromatic N) is 1. The molecule has 1 fully saturated rings. The summed E-state index contributed by atoms with van der Waals surface area (Å²) in [5, 5.41) is 0.213. The van der Waals surface area contributed by atoms with Crippen molar-refractivity contribution in [1.82, 2.24) is 4.90 Å². The van der Waals surface area contributed by atoms with Gasteiger partial charge in [0.2, 0.25) is 5.91 Å². The Morgan fingerprint density at radius 1 is 1.70 bits per heavy atom. The minimum Gasteiger partial charge on any atom is -0.344 e. The third-order valence-electron chi connectivity index (χ3n) is 1.95. The highest BCUT2D eigenvalue weighted by Gasteiger charge is 2.34. The van der Waals surface area contributed by atoms with Crippen LogP contribution in [0.2, 0.25) is 0 Å². The molecule has 0 aromatic carbocycles. The smallest absolute Gasteiger partial charge is 0.235 e. The van der Waals surface area contributed by atoms with E-state index in [1.807, 2.05) is 18.2 Å². The van der Waals surface area contributed by atoms with E-state index in [0.717, 1.165) is 6.54 Å². The molecule has 2 unspecified atom stereocenters. The average molecular weight is 159 g/mol. The van der Waals surface area contributed by atoms with E-state index < -0.39 is 0 Å². The van der Waals surface area contributed by atoms with E-state index >= 15 is 0 Å². The van der Waals surface area contributed by atoms with Crippen LogP contribution in [0, 0.1) is 5.92 Å². The summed E-state index contributed by atoms with van der Waals surface area (Å²) in [6, 6.07) is 0. The third-order valence-corrected chi connectivity index (χ3v) is 3.13. The minimum absolute atomic E-state index is 0.213. The fourth-order valence-electron chi connectivity index (χ4n) is 1.41. The number of rotatable bonds is 1. The Labute approximate surface area is 66.0 Å². The largest absolute Gasteiger partial charge is 0.344 e. The Hall–Kier alpha value is -0.180. The van der Waals surface area contributed by atoms with E-state index in [1.54, 1.807) is 11.8 Å². The first kappa shape index (κ1) is 7.92. The molecule has 10 heavy (non-hydrogen) atoms. The normalized spacial score (nSPS) is 33.5. The highest BCUT2D eigenvalue weighted by atomic mass is 32.2. The van der Waals surface area contributed by atoms with Crippen molar-refractivity contribution in [2.24, 2.45) is 5.92 Å². The van der Waals surface area contributed by atoms with Crippen LogP contribution in [0.4, 0.5) is 0 Å². The lowest BCUT2D eigenvalue weighted by Gasteiger charge is -2.07. The van der Waals surface area contributed by atoms with Crippen molar-refractivity contribution >= 4 is 17.7 Å². The monoisotopic (exact) mass is 159 g/mol. The summed E-state index contributed by atoms with van der Waals surface area (Å²) in [5.74, 6) is 0.813.